The minimum atomic E-state index is 0.286. The summed E-state index contributed by atoms with van der Waals surface area (Å²) in [4.78, 5) is 0. The quantitative estimate of drug-likeness (QED) is 0.745. The number of nitrogens with one attached hydrogen (secondary N) is 1. The van der Waals surface area contributed by atoms with Crippen LogP contribution in [0.5, 0.6) is 5.75 Å². The summed E-state index contributed by atoms with van der Waals surface area (Å²) in [5.74, 6) is 1.02. The van der Waals surface area contributed by atoms with Crippen LogP contribution in [-0.2, 0) is 0 Å². The van der Waals surface area contributed by atoms with Crippen LogP contribution in [0.3, 0.4) is 0 Å². The molecule has 0 aliphatic carbocycles. The lowest BCUT2D eigenvalue weighted by molar-refractivity contribution is 0.206. The zero-order valence-electron chi connectivity index (χ0n) is 10.8. The molecule has 1 aromatic carbocycles. The SMILES string of the molecule is CNCCCC(C)Oc1cc(C)ccc1C. The van der Waals surface area contributed by atoms with Gasteiger partial charge in [0, 0.05) is 0 Å². The zero-order chi connectivity index (χ0) is 12.0. The largest absolute Gasteiger partial charge is 0.490 e. The van der Waals surface area contributed by atoms with Crippen molar-refractivity contribution in [3.05, 3.63) is 29.3 Å². The third-order valence-electron chi connectivity index (χ3n) is 2.71. The number of hydrogen-bond acceptors (Lipinski definition) is 2. The summed E-state index contributed by atoms with van der Waals surface area (Å²) in [6, 6.07) is 6.35. The Kier molecular flexibility index (Phi) is 5.33. The van der Waals surface area contributed by atoms with Crippen molar-refractivity contribution in [1.29, 1.82) is 0 Å². The molecule has 16 heavy (non-hydrogen) atoms. The van der Waals surface area contributed by atoms with E-state index in [-0.39, 0.29) is 6.10 Å². The molecule has 0 saturated heterocycles. The Labute approximate surface area is 99.0 Å². The van der Waals surface area contributed by atoms with Crippen molar-refractivity contribution in [3.8, 4) is 5.75 Å². The highest BCUT2D eigenvalue weighted by atomic mass is 16.5. The van der Waals surface area contributed by atoms with Crippen LogP contribution in [0.4, 0.5) is 0 Å². The highest BCUT2D eigenvalue weighted by Crippen LogP contribution is 2.21. The first-order valence-electron chi connectivity index (χ1n) is 6.02. The van der Waals surface area contributed by atoms with E-state index in [1.54, 1.807) is 0 Å². The lowest BCUT2D eigenvalue weighted by Gasteiger charge is -2.16. The van der Waals surface area contributed by atoms with Crippen LogP contribution in [0.2, 0.25) is 0 Å². The van der Waals surface area contributed by atoms with E-state index in [1.807, 2.05) is 7.05 Å². The third-order valence-corrected chi connectivity index (χ3v) is 2.71. The molecule has 1 atom stereocenters. The van der Waals surface area contributed by atoms with Crippen LogP contribution >= 0.6 is 0 Å². The van der Waals surface area contributed by atoms with Crippen LogP contribution in [0.25, 0.3) is 0 Å². The number of rotatable bonds is 6. The van der Waals surface area contributed by atoms with Gasteiger partial charge in [-0.1, -0.05) is 12.1 Å². The molecule has 0 aliphatic rings. The van der Waals surface area contributed by atoms with Crippen molar-refractivity contribution in [2.45, 2.75) is 39.7 Å². The standard InChI is InChI=1S/C14H23NO/c1-11-7-8-12(2)14(10-11)16-13(3)6-5-9-15-4/h7-8,10,13,15H,5-6,9H2,1-4H3. The molecule has 1 unspecified atom stereocenters. The third kappa shape index (κ3) is 4.23. The highest BCUT2D eigenvalue weighted by Gasteiger charge is 2.06. The maximum Gasteiger partial charge on any atom is 0.122 e. The van der Waals surface area contributed by atoms with Crippen LogP contribution in [0, 0.1) is 13.8 Å². The number of ether oxygens (including phenoxy) is 1. The van der Waals surface area contributed by atoms with E-state index in [2.05, 4.69) is 44.3 Å². The average molecular weight is 221 g/mol. The smallest absolute Gasteiger partial charge is 0.122 e. The fraction of sp³-hybridized carbons (Fsp3) is 0.571. The van der Waals surface area contributed by atoms with Gasteiger partial charge in [0.1, 0.15) is 5.75 Å². The van der Waals surface area contributed by atoms with Gasteiger partial charge in [-0.15, -0.1) is 0 Å². The minimum Gasteiger partial charge on any atom is -0.490 e. The van der Waals surface area contributed by atoms with Gasteiger partial charge in [0.15, 0.2) is 0 Å². The van der Waals surface area contributed by atoms with E-state index in [0.717, 1.165) is 25.1 Å². The zero-order valence-corrected chi connectivity index (χ0v) is 10.8. The van der Waals surface area contributed by atoms with Gasteiger partial charge in [-0.2, -0.15) is 0 Å². The molecule has 0 amide bonds. The number of benzene rings is 1. The first-order valence-corrected chi connectivity index (χ1v) is 6.02. The summed E-state index contributed by atoms with van der Waals surface area (Å²) < 4.78 is 5.94. The van der Waals surface area contributed by atoms with Crippen molar-refractivity contribution in [2.24, 2.45) is 0 Å². The Morgan fingerprint density at radius 2 is 2.06 bits per heavy atom. The normalized spacial score (nSPS) is 12.5. The maximum atomic E-state index is 5.94. The van der Waals surface area contributed by atoms with Crippen molar-refractivity contribution in [1.82, 2.24) is 5.32 Å². The molecule has 2 nitrogen and oxygen atoms in total. The molecule has 0 radical (unpaired) electrons. The predicted octanol–water partition coefficient (Wildman–Crippen LogP) is 3.07. The van der Waals surface area contributed by atoms with Crippen molar-refractivity contribution in [3.63, 3.8) is 0 Å². The van der Waals surface area contributed by atoms with Gasteiger partial charge in [0.25, 0.3) is 0 Å². The summed E-state index contributed by atoms with van der Waals surface area (Å²) in [5.41, 5.74) is 2.47. The number of aryl methyl sites for hydroxylation is 2. The average Bonchev–Trinajstić information content (AvgIpc) is 2.24. The van der Waals surface area contributed by atoms with Crippen LogP contribution in [0.15, 0.2) is 18.2 Å². The molecule has 1 aromatic rings. The second kappa shape index (κ2) is 6.54. The van der Waals surface area contributed by atoms with Crippen molar-refractivity contribution in [2.75, 3.05) is 13.6 Å². The van der Waals surface area contributed by atoms with Gasteiger partial charge in [-0.25, -0.2) is 0 Å². The van der Waals surface area contributed by atoms with Gasteiger partial charge in [0.05, 0.1) is 6.10 Å². The van der Waals surface area contributed by atoms with Crippen molar-refractivity contribution < 1.29 is 4.74 Å². The van der Waals surface area contributed by atoms with Crippen LogP contribution < -0.4 is 10.1 Å². The molecule has 0 aromatic heterocycles. The van der Waals surface area contributed by atoms with Gasteiger partial charge in [-0.3, -0.25) is 0 Å². The molecule has 0 aliphatic heterocycles. The summed E-state index contributed by atoms with van der Waals surface area (Å²) in [5, 5.41) is 3.15. The monoisotopic (exact) mass is 221 g/mol. The molecule has 0 fully saturated rings. The second-order valence-electron chi connectivity index (χ2n) is 4.44. The second-order valence-corrected chi connectivity index (χ2v) is 4.44. The minimum absolute atomic E-state index is 0.286. The molecular formula is C14H23NO. The highest BCUT2D eigenvalue weighted by molar-refractivity contribution is 5.36. The van der Waals surface area contributed by atoms with Gasteiger partial charge >= 0.3 is 0 Å². The van der Waals surface area contributed by atoms with Gasteiger partial charge < -0.3 is 10.1 Å². The molecule has 0 spiro atoms. The van der Waals surface area contributed by atoms with E-state index in [1.165, 1.54) is 11.1 Å². The van der Waals surface area contributed by atoms with E-state index >= 15 is 0 Å². The molecule has 0 saturated carbocycles. The molecule has 2 heteroatoms. The fourth-order valence-corrected chi connectivity index (χ4v) is 1.68. The van der Waals surface area contributed by atoms with Gasteiger partial charge in [0.2, 0.25) is 0 Å². The Morgan fingerprint density at radius 3 is 2.75 bits per heavy atom. The molecule has 0 heterocycles. The van der Waals surface area contributed by atoms with Crippen LogP contribution in [0.1, 0.15) is 30.9 Å². The Balaban J connectivity index is 2.48. The lowest BCUT2D eigenvalue weighted by atomic mass is 10.1. The molecular weight excluding hydrogens is 198 g/mol. The van der Waals surface area contributed by atoms with E-state index < -0.39 is 0 Å². The molecule has 90 valence electrons. The van der Waals surface area contributed by atoms with E-state index in [0.29, 0.717) is 0 Å². The van der Waals surface area contributed by atoms with Crippen LogP contribution in [-0.4, -0.2) is 19.7 Å². The number of hydrogen-bond donors (Lipinski definition) is 1. The molecule has 0 bridgehead atoms. The fourth-order valence-electron chi connectivity index (χ4n) is 1.68. The Hall–Kier alpha value is -1.02. The Bertz CT molecular complexity index is 323. The first kappa shape index (κ1) is 13.0. The maximum absolute atomic E-state index is 5.94. The lowest BCUT2D eigenvalue weighted by Crippen LogP contribution is -2.16. The summed E-state index contributed by atoms with van der Waals surface area (Å²) in [6.07, 6.45) is 2.53. The molecule has 1 rings (SSSR count). The van der Waals surface area contributed by atoms with E-state index in [9.17, 15) is 0 Å². The Morgan fingerprint density at radius 1 is 1.31 bits per heavy atom. The topological polar surface area (TPSA) is 21.3 Å². The van der Waals surface area contributed by atoms with E-state index in [4.69, 9.17) is 4.74 Å². The van der Waals surface area contributed by atoms with Gasteiger partial charge in [-0.05, 0) is 64.4 Å². The summed E-state index contributed by atoms with van der Waals surface area (Å²) >= 11 is 0. The summed E-state index contributed by atoms with van der Waals surface area (Å²) in [6.45, 7) is 7.38. The predicted molar refractivity (Wildman–Crippen MR) is 69.2 cm³/mol. The van der Waals surface area contributed by atoms with Crippen molar-refractivity contribution >= 4 is 0 Å². The summed E-state index contributed by atoms with van der Waals surface area (Å²) in [7, 11) is 1.98. The molecule has 1 N–H and O–H groups in total. The first-order chi connectivity index (χ1) is 7.63.